The molecule has 1 heterocycles. The summed E-state index contributed by atoms with van der Waals surface area (Å²) in [6.45, 7) is 5.13. The van der Waals surface area contributed by atoms with E-state index in [1.54, 1.807) is 0 Å². The Hall–Kier alpha value is -1.66. The van der Waals surface area contributed by atoms with Crippen LogP contribution in [0.4, 0.5) is 15.8 Å². The van der Waals surface area contributed by atoms with Crippen LogP contribution < -0.4 is 11.1 Å². The van der Waals surface area contributed by atoms with Gasteiger partial charge in [0.15, 0.2) is 0 Å². The Balaban J connectivity index is 1.94. The highest BCUT2D eigenvalue weighted by molar-refractivity contribution is 5.95. The number of nitrogens with zero attached hydrogens (tertiary/aromatic N) is 2. The highest BCUT2D eigenvalue weighted by atomic mass is 19.1. The number of piperazine rings is 1. The van der Waals surface area contributed by atoms with E-state index in [9.17, 15) is 9.18 Å². The number of likely N-dealkylation sites (N-methyl/N-ethyl adjacent to an activating group) is 1. The lowest BCUT2D eigenvalue weighted by atomic mass is 10.2. The minimum absolute atomic E-state index is 0.168. The lowest BCUT2D eigenvalue weighted by Gasteiger charge is -2.37. The first-order valence-electron chi connectivity index (χ1n) is 6.73. The molecule has 3 N–H and O–H groups in total. The van der Waals surface area contributed by atoms with Gasteiger partial charge in [0.1, 0.15) is 5.82 Å². The van der Waals surface area contributed by atoms with Crippen molar-refractivity contribution in [2.24, 2.45) is 0 Å². The van der Waals surface area contributed by atoms with E-state index in [1.165, 1.54) is 18.2 Å². The topological polar surface area (TPSA) is 61.6 Å². The third-order valence-corrected chi connectivity index (χ3v) is 3.60. The molecule has 0 saturated carbocycles. The minimum Gasteiger partial charge on any atom is -0.397 e. The van der Waals surface area contributed by atoms with E-state index >= 15 is 0 Å². The van der Waals surface area contributed by atoms with Crippen molar-refractivity contribution in [1.29, 1.82) is 0 Å². The molecule has 0 aromatic heterocycles. The Kier molecular flexibility index (Phi) is 4.57. The fraction of sp³-hybridized carbons (Fsp3) is 0.500. The number of nitrogens with one attached hydrogen (secondary N) is 1. The molecule has 6 heteroatoms. The zero-order valence-electron chi connectivity index (χ0n) is 11.9. The van der Waals surface area contributed by atoms with E-state index in [0.717, 1.165) is 19.6 Å². The number of hydrogen-bond acceptors (Lipinski definition) is 4. The quantitative estimate of drug-likeness (QED) is 0.810. The van der Waals surface area contributed by atoms with Crippen molar-refractivity contribution in [2.75, 3.05) is 44.3 Å². The van der Waals surface area contributed by atoms with Gasteiger partial charge in [0.05, 0.1) is 17.9 Å². The van der Waals surface area contributed by atoms with Crippen LogP contribution in [0.15, 0.2) is 18.2 Å². The molecule has 5 nitrogen and oxygen atoms in total. The molecular formula is C14H21FN4O. The van der Waals surface area contributed by atoms with Gasteiger partial charge in [-0.05, 0) is 32.2 Å². The molecule has 1 amide bonds. The van der Waals surface area contributed by atoms with Crippen molar-refractivity contribution in [2.45, 2.75) is 13.0 Å². The van der Waals surface area contributed by atoms with E-state index in [4.69, 9.17) is 5.73 Å². The van der Waals surface area contributed by atoms with Crippen molar-refractivity contribution in [3.63, 3.8) is 0 Å². The van der Waals surface area contributed by atoms with Gasteiger partial charge in [0.2, 0.25) is 5.91 Å². The van der Waals surface area contributed by atoms with Gasteiger partial charge in [-0.25, -0.2) is 4.39 Å². The van der Waals surface area contributed by atoms with Crippen molar-refractivity contribution >= 4 is 17.3 Å². The maximum atomic E-state index is 13.1. The second kappa shape index (κ2) is 6.19. The van der Waals surface area contributed by atoms with Gasteiger partial charge < -0.3 is 16.0 Å². The maximum Gasteiger partial charge on any atom is 0.238 e. The summed E-state index contributed by atoms with van der Waals surface area (Å²) in [6, 6.07) is 4.28. The molecule has 110 valence electrons. The van der Waals surface area contributed by atoms with Crippen molar-refractivity contribution in [1.82, 2.24) is 9.80 Å². The van der Waals surface area contributed by atoms with E-state index in [1.807, 2.05) is 0 Å². The summed E-state index contributed by atoms with van der Waals surface area (Å²) >= 11 is 0. The summed E-state index contributed by atoms with van der Waals surface area (Å²) in [6.07, 6.45) is 0. The fourth-order valence-electron chi connectivity index (χ4n) is 2.42. The molecule has 1 atom stereocenters. The molecule has 1 aromatic rings. The van der Waals surface area contributed by atoms with Gasteiger partial charge in [-0.3, -0.25) is 9.69 Å². The molecule has 2 rings (SSSR count). The number of benzene rings is 1. The summed E-state index contributed by atoms with van der Waals surface area (Å²) in [5.74, 6) is -0.582. The molecule has 1 aliphatic heterocycles. The lowest BCUT2D eigenvalue weighted by Crippen LogP contribution is -2.52. The summed E-state index contributed by atoms with van der Waals surface area (Å²) < 4.78 is 13.1. The van der Waals surface area contributed by atoms with Crippen LogP contribution in [0.2, 0.25) is 0 Å². The molecule has 20 heavy (non-hydrogen) atoms. The summed E-state index contributed by atoms with van der Waals surface area (Å²) in [7, 11) is 2.07. The van der Waals surface area contributed by atoms with Crippen LogP contribution in [-0.2, 0) is 4.79 Å². The summed E-state index contributed by atoms with van der Waals surface area (Å²) in [4.78, 5) is 16.4. The molecule has 0 aliphatic carbocycles. The normalized spacial score (nSPS) is 20.9. The van der Waals surface area contributed by atoms with Gasteiger partial charge in [-0.15, -0.1) is 0 Å². The Morgan fingerprint density at radius 2 is 2.25 bits per heavy atom. The Morgan fingerprint density at radius 3 is 2.95 bits per heavy atom. The van der Waals surface area contributed by atoms with Gasteiger partial charge in [-0.2, -0.15) is 0 Å². The molecule has 1 aliphatic rings. The first-order valence-corrected chi connectivity index (χ1v) is 6.73. The third kappa shape index (κ3) is 3.68. The molecule has 0 spiro atoms. The van der Waals surface area contributed by atoms with E-state index in [2.05, 4.69) is 29.1 Å². The van der Waals surface area contributed by atoms with Gasteiger partial charge in [-0.1, -0.05) is 0 Å². The molecule has 0 bridgehead atoms. The van der Waals surface area contributed by atoms with Crippen molar-refractivity contribution in [3.8, 4) is 0 Å². The molecule has 1 aromatic carbocycles. The number of hydrogen-bond donors (Lipinski definition) is 2. The number of carbonyl (C=O) groups is 1. The largest absolute Gasteiger partial charge is 0.397 e. The van der Waals surface area contributed by atoms with Crippen LogP contribution in [0.3, 0.4) is 0 Å². The Bertz CT molecular complexity index is 494. The highest BCUT2D eigenvalue weighted by Crippen LogP contribution is 2.19. The molecule has 1 fully saturated rings. The SMILES string of the molecule is CC1CN(C)CCN1CC(=O)Nc1cc(F)ccc1N. The van der Waals surface area contributed by atoms with Crippen LogP contribution in [0.25, 0.3) is 0 Å². The number of nitrogens with two attached hydrogens (primary N) is 1. The number of carbonyl (C=O) groups excluding carboxylic acids is 1. The molecule has 1 saturated heterocycles. The van der Waals surface area contributed by atoms with Crippen LogP contribution in [0.1, 0.15) is 6.92 Å². The van der Waals surface area contributed by atoms with Crippen LogP contribution in [0, 0.1) is 5.82 Å². The standard InChI is InChI=1S/C14H21FN4O/c1-10-8-18(2)5-6-19(10)9-14(20)17-13-7-11(15)3-4-12(13)16/h3-4,7,10H,5-6,8-9,16H2,1-2H3,(H,17,20). The average molecular weight is 280 g/mol. The lowest BCUT2D eigenvalue weighted by molar-refractivity contribution is -0.118. The summed E-state index contributed by atoms with van der Waals surface area (Å²) in [5, 5.41) is 2.67. The zero-order chi connectivity index (χ0) is 14.7. The smallest absolute Gasteiger partial charge is 0.238 e. The molecular weight excluding hydrogens is 259 g/mol. The first-order chi connectivity index (χ1) is 9.45. The highest BCUT2D eigenvalue weighted by Gasteiger charge is 2.23. The third-order valence-electron chi connectivity index (χ3n) is 3.60. The number of amides is 1. The van der Waals surface area contributed by atoms with E-state index in [-0.39, 0.29) is 5.91 Å². The number of nitrogen functional groups attached to an aromatic ring is 1. The monoisotopic (exact) mass is 280 g/mol. The Morgan fingerprint density at radius 1 is 1.50 bits per heavy atom. The second-order valence-electron chi connectivity index (χ2n) is 5.36. The minimum atomic E-state index is -0.414. The fourth-order valence-corrected chi connectivity index (χ4v) is 2.42. The first kappa shape index (κ1) is 14.7. The van der Waals surface area contributed by atoms with Crippen LogP contribution in [0.5, 0.6) is 0 Å². The average Bonchev–Trinajstić information content (AvgIpc) is 2.37. The molecule has 0 radical (unpaired) electrons. The predicted molar refractivity (Wildman–Crippen MR) is 78.0 cm³/mol. The predicted octanol–water partition coefficient (Wildman–Crippen LogP) is 0.982. The van der Waals surface area contributed by atoms with Gasteiger partial charge in [0, 0.05) is 25.7 Å². The zero-order valence-corrected chi connectivity index (χ0v) is 11.9. The number of halogens is 1. The number of anilines is 2. The van der Waals surface area contributed by atoms with Gasteiger partial charge >= 0.3 is 0 Å². The van der Waals surface area contributed by atoms with Crippen LogP contribution >= 0.6 is 0 Å². The molecule has 1 unspecified atom stereocenters. The summed E-state index contributed by atoms with van der Waals surface area (Å²) in [5.41, 5.74) is 6.41. The number of rotatable bonds is 3. The van der Waals surface area contributed by atoms with Crippen molar-refractivity contribution < 1.29 is 9.18 Å². The van der Waals surface area contributed by atoms with E-state index < -0.39 is 5.82 Å². The maximum absolute atomic E-state index is 13.1. The Labute approximate surface area is 118 Å². The second-order valence-corrected chi connectivity index (χ2v) is 5.36. The van der Waals surface area contributed by atoms with Gasteiger partial charge in [0.25, 0.3) is 0 Å². The van der Waals surface area contributed by atoms with Crippen LogP contribution in [-0.4, -0.2) is 55.0 Å². The van der Waals surface area contributed by atoms with Crippen molar-refractivity contribution in [3.05, 3.63) is 24.0 Å². The van der Waals surface area contributed by atoms with E-state index in [0.29, 0.717) is 24.0 Å².